The number of aliphatic carboxylic acids is 1. The molecule has 1 aromatic heterocycles. The van der Waals surface area contributed by atoms with Crippen LogP contribution in [0.3, 0.4) is 0 Å². The van der Waals surface area contributed by atoms with Gasteiger partial charge in [-0.25, -0.2) is 9.78 Å². The van der Waals surface area contributed by atoms with E-state index in [0.29, 0.717) is 12.5 Å². The van der Waals surface area contributed by atoms with Crippen molar-refractivity contribution in [2.24, 2.45) is 5.73 Å². The summed E-state index contributed by atoms with van der Waals surface area (Å²) in [5.41, 5.74) is 3.51. The molecule has 0 saturated carbocycles. The summed E-state index contributed by atoms with van der Waals surface area (Å²) in [4.78, 5) is 25.5. The Hall–Kier alpha value is -2.32. The zero-order valence-electron chi connectivity index (χ0n) is 11.1. The number of aromatic nitrogens is 1. The molecule has 21 heavy (non-hydrogen) atoms. The Kier molecular flexibility index (Phi) is 5.12. The van der Waals surface area contributed by atoms with E-state index in [1.165, 1.54) is 0 Å². The highest BCUT2D eigenvalue weighted by molar-refractivity contribution is 5.98. The number of primary amides is 1. The molecule has 0 radical (unpaired) electrons. The number of amides is 1. The summed E-state index contributed by atoms with van der Waals surface area (Å²) in [6, 6.07) is 0.316. The summed E-state index contributed by atoms with van der Waals surface area (Å²) in [5, 5.41) is 11.3. The zero-order valence-corrected chi connectivity index (χ0v) is 11.1. The second kappa shape index (κ2) is 6.42. The van der Waals surface area contributed by atoms with Crippen molar-refractivity contribution in [3.63, 3.8) is 0 Å². The topological polar surface area (TPSA) is 105 Å². The Balaban J connectivity index is 3.23. The first kappa shape index (κ1) is 16.7. The van der Waals surface area contributed by atoms with E-state index >= 15 is 0 Å². The highest BCUT2D eigenvalue weighted by atomic mass is 19.4. The van der Waals surface area contributed by atoms with Crippen molar-refractivity contribution in [3.8, 4) is 0 Å². The van der Waals surface area contributed by atoms with Gasteiger partial charge in [-0.15, -0.1) is 0 Å². The van der Waals surface area contributed by atoms with Gasteiger partial charge < -0.3 is 16.2 Å². The van der Waals surface area contributed by atoms with Gasteiger partial charge in [-0.3, -0.25) is 4.79 Å². The number of hydrogen-bond donors (Lipinski definition) is 3. The van der Waals surface area contributed by atoms with Gasteiger partial charge in [0.1, 0.15) is 17.6 Å². The van der Waals surface area contributed by atoms with Gasteiger partial charge in [0.2, 0.25) is 0 Å². The molecular formula is C12H14F3N3O3. The maximum absolute atomic E-state index is 12.6. The Morgan fingerprint density at radius 2 is 2.05 bits per heavy atom. The summed E-state index contributed by atoms with van der Waals surface area (Å²) in [6.07, 6.45) is -4.07. The predicted molar refractivity (Wildman–Crippen MR) is 67.7 cm³/mol. The molecule has 0 aliphatic rings. The molecule has 1 heterocycles. The number of carboxylic acid groups (broad SMARTS) is 1. The second-order valence-corrected chi connectivity index (χ2v) is 4.28. The third-order valence-electron chi connectivity index (χ3n) is 2.64. The first-order chi connectivity index (χ1) is 9.66. The number of rotatable bonds is 6. The first-order valence-electron chi connectivity index (χ1n) is 6.04. The van der Waals surface area contributed by atoms with Gasteiger partial charge in [-0.1, -0.05) is 13.3 Å². The number of pyridine rings is 1. The fourth-order valence-electron chi connectivity index (χ4n) is 1.64. The Morgan fingerprint density at radius 3 is 2.48 bits per heavy atom. The van der Waals surface area contributed by atoms with E-state index in [1.807, 2.05) is 0 Å². The molecule has 1 rings (SSSR count). The number of nitrogens with one attached hydrogen (secondary N) is 1. The molecule has 0 aromatic carbocycles. The van der Waals surface area contributed by atoms with E-state index in [1.54, 1.807) is 6.92 Å². The third kappa shape index (κ3) is 4.33. The van der Waals surface area contributed by atoms with Crippen molar-refractivity contribution >= 4 is 17.7 Å². The normalized spacial score (nSPS) is 12.8. The molecular weight excluding hydrogens is 291 g/mol. The number of alkyl halides is 3. The molecule has 0 aliphatic carbocycles. The quantitative estimate of drug-likeness (QED) is 0.744. The molecule has 0 aliphatic heterocycles. The lowest BCUT2D eigenvalue weighted by atomic mass is 10.1. The molecule has 0 saturated heterocycles. The SMILES string of the molecule is CCCC(Nc1nc(C(F)(F)F)ccc1C(N)=O)C(=O)O. The van der Waals surface area contributed by atoms with Crippen molar-refractivity contribution < 1.29 is 27.9 Å². The largest absolute Gasteiger partial charge is 0.480 e. The minimum absolute atomic E-state index is 0.158. The first-order valence-corrected chi connectivity index (χ1v) is 6.04. The lowest BCUT2D eigenvalue weighted by Gasteiger charge is -2.17. The number of carboxylic acids is 1. The molecule has 116 valence electrons. The summed E-state index contributed by atoms with van der Waals surface area (Å²) < 4.78 is 37.9. The monoisotopic (exact) mass is 305 g/mol. The van der Waals surface area contributed by atoms with Crippen LogP contribution < -0.4 is 11.1 Å². The third-order valence-corrected chi connectivity index (χ3v) is 2.64. The van der Waals surface area contributed by atoms with E-state index in [9.17, 15) is 22.8 Å². The van der Waals surface area contributed by atoms with E-state index < -0.39 is 35.6 Å². The molecule has 1 amide bonds. The maximum atomic E-state index is 12.6. The van der Waals surface area contributed by atoms with Gasteiger partial charge in [0.15, 0.2) is 0 Å². The van der Waals surface area contributed by atoms with Crippen LogP contribution in [-0.2, 0) is 11.0 Å². The standard InChI is InChI=1S/C12H14F3N3O3/c1-2-3-7(11(20)21)17-10-6(9(16)19)4-5-8(18-10)12(13,14)15/h4-5,7H,2-3H2,1H3,(H2,16,19)(H,17,18)(H,20,21). The van der Waals surface area contributed by atoms with Crippen LogP contribution in [0.2, 0.25) is 0 Å². The molecule has 1 aromatic rings. The predicted octanol–water partition coefficient (Wildman–Crippen LogP) is 1.86. The van der Waals surface area contributed by atoms with Crippen LogP contribution >= 0.6 is 0 Å². The molecule has 1 unspecified atom stereocenters. The zero-order chi connectivity index (χ0) is 16.2. The highest BCUT2D eigenvalue weighted by Gasteiger charge is 2.34. The van der Waals surface area contributed by atoms with E-state index in [0.717, 1.165) is 6.07 Å². The lowest BCUT2D eigenvalue weighted by molar-refractivity contribution is -0.141. The van der Waals surface area contributed by atoms with Crippen molar-refractivity contribution in [1.82, 2.24) is 4.98 Å². The number of nitrogens with zero attached hydrogens (tertiary/aromatic N) is 1. The molecule has 4 N–H and O–H groups in total. The molecule has 0 bridgehead atoms. The average molecular weight is 305 g/mol. The molecule has 6 nitrogen and oxygen atoms in total. The molecule has 1 atom stereocenters. The van der Waals surface area contributed by atoms with Crippen LogP contribution in [0.25, 0.3) is 0 Å². The summed E-state index contributed by atoms with van der Waals surface area (Å²) >= 11 is 0. The Bertz CT molecular complexity index is 546. The number of hydrogen-bond acceptors (Lipinski definition) is 4. The van der Waals surface area contributed by atoms with Gasteiger partial charge >= 0.3 is 12.1 Å². The van der Waals surface area contributed by atoms with E-state index in [2.05, 4.69) is 10.3 Å². The van der Waals surface area contributed by atoms with Gasteiger partial charge in [0.25, 0.3) is 5.91 Å². The van der Waals surface area contributed by atoms with Crippen molar-refractivity contribution in [2.45, 2.75) is 32.0 Å². The lowest BCUT2D eigenvalue weighted by Crippen LogP contribution is -2.31. The van der Waals surface area contributed by atoms with Gasteiger partial charge in [-0.05, 0) is 18.6 Å². The minimum atomic E-state index is -4.71. The molecule has 0 fully saturated rings. The fraction of sp³-hybridized carbons (Fsp3) is 0.417. The van der Waals surface area contributed by atoms with Crippen LogP contribution in [0, 0.1) is 0 Å². The second-order valence-electron chi connectivity index (χ2n) is 4.28. The minimum Gasteiger partial charge on any atom is -0.480 e. The molecule has 0 spiro atoms. The highest BCUT2D eigenvalue weighted by Crippen LogP contribution is 2.29. The Morgan fingerprint density at radius 1 is 1.43 bits per heavy atom. The number of halogens is 3. The van der Waals surface area contributed by atoms with E-state index in [4.69, 9.17) is 10.8 Å². The summed E-state index contributed by atoms with van der Waals surface area (Å²) in [7, 11) is 0. The van der Waals surface area contributed by atoms with Gasteiger partial charge in [-0.2, -0.15) is 13.2 Å². The number of anilines is 1. The van der Waals surface area contributed by atoms with Gasteiger partial charge in [0.05, 0.1) is 5.56 Å². The molecule has 9 heteroatoms. The van der Waals surface area contributed by atoms with Crippen LogP contribution in [0.4, 0.5) is 19.0 Å². The van der Waals surface area contributed by atoms with Crippen LogP contribution in [0.15, 0.2) is 12.1 Å². The smallest absolute Gasteiger partial charge is 0.433 e. The average Bonchev–Trinajstić information content (AvgIpc) is 2.36. The van der Waals surface area contributed by atoms with Crippen LogP contribution in [0.5, 0.6) is 0 Å². The fourth-order valence-corrected chi connectivity index (χ4v) is 1.64. The van der Waals surface area contributed by atoms with Crippen molar-refractivity contribution in [2.75, 3.05) is 5.32 Å². The Labute approximate surface area is 118 Å². The van der Waals surface area contributed by atoms with Crippen molar-refractivity contribution in [3.05, 3.63) is 23.4 Å². The van der Waals surface area contributed by atoms with Crippen LogP contribution in [-0.4, -0.2) is 28.0 Å². The van der Waals surface area contributed by atoms with E-state index in [-0.39, 0.29) is 12.0 Å². The summed E-state index contributed by atoms with van der Waals surface area (Å²) in [6.45, 7) is 1.71. The van der Waals surface area contributed by atoms with Crippen molar-refractivity contribution in [1.29, 1.82) is 0 Å². The maximum Gasteiger partial charge on any atom is 0.433 e. The van der Waals surface area contributed by atoms with Crippen LogP contribution in [0.1, 0.15) is 35.8 Å². The number of carbonyl (C=O) groups excluding carboxylic acids is 1. The van der Waals surface area contributed by atoms with Gasteiger partial charge in [0, 0.05) is 0 Å². The summed E-state index contributed by atoms with van der Waals surface area (Å²) in [5.74, 6) is -2.75. The number of carbonyl (C=O) groups is 2. The number of nitrogens with two attached hydrogens (primary N) is 1.